The molecule has 0 saturated carbocycles. The van der Waals surface area contributed by atoms with Gasteiger partial charge in [-0.05, 0) is 24.3 Å². The first-order valence-corrected chi connectivity index (χ1v) is 8.85. The highest BCUT2D eigenvalue weighted by molar-refractivity contribution is 7.80. The summed E-state index contributed by atoms with van der Waals surface area (Å²) in [4.78, 5) is 36.6. The molecule has 9 nitrogen and oxygen atoms in total. The molecular formula is C17H14N2O7S. The maximum atomic E-state index is 12.2. The van der Waals surface area contributed by atoms with E-state index in [0.717, 1.165) is 17.0 Å². The summed E-state index contributed by atoms with van der Waals surface area (Å²) in [6.45, 7) is 0. The first-order chi connectivity index (χ1) is 12.9. The summed E-state index contributed by atoms with van der Waals surface area (Å²) < 4.78 is 28.4. The predicted molar refractivity (Wildman–Crippen MR) is 96.0 cm³/mol. The Bertz CT molecular complexity index is 930. The van der Waals surface area contributed by atoms with Crippen molar-refractivity contribution >= 4 is 40.4 Å². The van der Waals surface area contributed by atoms with E-state index in [1.54, 1.807) is 30.3 Å². The van der Waals surface area contributed by atoms with E-state index in [2.05, 4.69) is 4.72 Å². The molecular weight excluding hydrogens is 376 g/mol. The van der Waals surface area contributed by atoms with Crippen LogP contribution in [0.15, 0.2) is 42.5 Å². The van der Waals surface area contributed by atoms with Gasteiger partial charge in [0.2, 0.25) is 11.8 Å². The molecule has 2 amide bonds. The van der Waals surface area contributed by atoms with Gasteiger partial charge in [-0.3, -0.25) is 18.9 Å². The molecule has 27 heavy (non-hydrogen) atoms. The SMILES string of the molecule is O=C(O)c1cc(NS(=O)O)c(Oc2ccccc2)c(N2C(=O)CCC2=O)c1. The fraction of sp³-hybridized carbons (Fsp3) is 0.118. The Morgan fingerprint density at radius 2 is 1.74 bits per heavy atom. The molecule has 1 heterocycles. The number of nitrogens with one attached hydrogen (secondary N) is 1. The monoisotopic (exact) mass is 390 g/mol. The summed E-state index contributed by atoms with van der Waals surface area (Å²) in [6, 6.07) is 10.5. The Morgan fingerprint density at radius 1 is 1.11 bits per heavy atom. The number of nitrogens with zero attached hydrogens (tertiary/aromatic N) is 1. The van der Waals surface area contributed by atoms with E-state index in [0.29, 0.717) is 5.75 Å². The molecule has 0 spiro atoms. The second-order valence-electron chi connectivity index (χ2n) is 5.57. The molecule has 3 rings (SSSR count). The highest BCUT2D eigenvalue weighted by Crippen LogP contribution is 2.42. The highest BCUT2D eigenvalue weighted by atomic mass is 32.2. The van der Waals surface area contributed by atoms with Crippen LogP contribution in [0, 0.1) is 0 Å². The quantitative estimate of drug-likeness (QED) is 0.509. The molecule has 10 heteroatoms. The number of carbonyl (C=O) groups excluding carboxylic acids is 2. The third-order valence-corrected chi connectivity index (χ3v) is 4.16. The number of carboxylic acid groups (broad SMARTS) is 1. The maximum Gasteiger partial charge on any atom is 0.335 e. The molecule has 0 aliphatic carbocycles. The third-order valence-electron chi connectivity index (χ3n) is 3.77. The Morgan fingerprint density at radius 3 is 2.30 bits per heavy atom. The number of rotatable bonds is 6. The molecule has 1 unspecified atom stereocenters. The van der Waals surface area contributed by atoms with Crippen LogP contribution in [0.25, 0.3) is 0 Å². The number of para-hydroxylation sites is 1. The molecule has 1 aliphatic rings. The molecule has 2 aromatic rings. The minimum absolute atomic E-state index is 0.0183. The number of benzene rings is 2. The zero-order valence-electron chi connectivity index (χ0n) is 13.7. The van der Waals surface area contributed by atoms with Crippen LogP contribution in [0.1, 0.15) is 23.2 Å². The Hall–Kier alpha value is -3.24. The Labute approximate surface area is 156 Å². The number of carboxylic acids is 1. The molecule has 0 bridgehead atoms. The average Bonchev–Trinajstić information content (AvgIpc) is 2.95. The summed E-state index contributed by atoms with van der Waals surface area (Å²) in [5.41, 5.74) is -0.549. The molecule has 3 N–H and O–H groups in total. The fourth-order valence-electron chi connectivity index (χ4n) is 2.63. The predicted octanol–water partition coefficient (Wildman–Crippen LogP) is 2.38. The van der Waals surface area contributed by atoms with Crippen molar-refractivity contribution in [2.24, 2.45) is 0 Å². The second-order valence-corrected chi connectivity index (χ2v) is 6.27. The van der Waals surface area contributed by atoms with Crippen LogP contribution in [0.5, 0.6) is 11.5 Å². The van der Waals surface area contributed by atoms with Crippen molar-refractivity contribution < 1.29 is 33.0 Å². The molecule has 1 saturated heterocycles. The molecule has 2 aromatic carbocycles. The number of aromatic carboxylic acids is 1. The van der Waals surface area contributed by atoms with Crippen LogP contribution in [-0.4, -0.2) is 31.7 Å². The largest absolute Gasteiger partial charge is 0.478 e. The lowest BCUT2D eigenvalue weighted by molar-refractivity contribution is -0.121. The van der Waals surface area contributed by atoms with Gasteiger partial charge in [0.15, 0.2) is 5.75 Å². The zero-order chi connectivity index (χ0) is 19.6. The smallest absolute Gasteiger partial charge is 0.335 e. The minimum atomic E-state index is -2.54. The van der Waals surface area contributed by atoms with Crippen LogP contribution in [0.4, 0.5) is 11.4 Å². The van der Waals surface area contributed by atoms with Gasteiger partial charge in [-0.15, -0.1) is 0 Å². The van der Waals surface area contributed by atoms with E-state index in [-0.39, 0.29) is 35.5 Å². The molecule has 0 aromatic heterocycles. The molecule has 0 radical (unpaired) electrons. The van der Waals surface area contributed by atoms with Crippen LogP contribution in [0.2, 0.25) is 0 Å². The van der Waals surface area contributed by atoms with Gasteiger partial charge in [-0.1, -0.05) is 18.2 Å². The van der Waals surface area contributed by atoms with E-state index in [9.17, 15) is 28.3 Å². The second kappa shape index (κ2) is 7.56. The van der Waals surface area contributed by atoms with Crippen molar-refractivity contribution in [3.63, 3.8) is 0 Å². The van der Waals surface area contributed by atoms with Crippen molar-refractivity contribution in [3.05, 3.63) is 48.0 Å². The highest BCUT2D eigenvalue weighted by Gasteiger charge is 2.34. The number of carbonyl (C=O) groups is 3. The van der Waals surface area contributed by atoms with E-state index in [1.165, 1.54) is 0 Å². The van der Waals surface area contributed by atoms with Crippen molar-refractivity contribution in [2.45, 2.75) is 12.8 Å². The lowest BCUT2D eigenvalue weighted by Crippen LogP contribution is -2.29. The molecule has 1 aliphatic heterocycles. The van der Waals surface area contributed by atoms with E-state index in [1.807, 2.05) is 0 Å². The number of hydrogen-bond acceptors (Lipinski definition) is 5. The Kier molecular flexibility index (Phi) is 5.19. The summed E-state index contributed by atoms with van der Waals surface area (Å²) in [5.74, 6) is -2.16. The van der Waals surface area contributed by atoms with Gasteiger partial charge < -0.3 is 9.84 Å². The van der Waals surface area contributed by atoms with Crippen molar-refractivity contribution in [1.29, 1.82) is 0 Å². The lowest BCUT2D eigenvalue weighted by atomic mass is 10.1. The summed E-state index contributed by atoms with van der Waals surface area (Å²) in [6.07, 6.45) is -0.0365. The zero-order valence-corrected chi connectivity index (χ0v) is 14.6. The van der Waals surface area contributed by atoms with Crippen molar-refractivity contribution in [3.8, 4) is 11.5 Å². The molecule has 1 atom stereocenters. The first kappa shape index (κ1) is 18.5. The topological polar surface area (TPSA) is 133 Å². The standard InChI is InChI=1S/C17H14N2O7S/c20-14-6-7-15(21)19(14)13-9-10(17(22)23)8-12(18-27(24)25)16(13)26-11-4-2-1-3-5-11/h1-5,8-9,18H,6-7H2,(H,22,23)(H,24,25). The van der Waals surface area contributed by atoms with Gasteiger partial charge in [-0.2, -0.15) is 0 Å². The maximum absolute atomic E-state index is 12.2. The van der Waals surface area contributed by atoms with E-state index in [4.69, 9.17) is 4.74 Å². The van der Waals surface area contributed by atoms with Gasteiger partial charge in [0.25, 0.3) is 11.3 Å². The van der Waals surface area contributed by atoms with Crippen molar-refractivity contribution in [1.82, 2.24) is 0 Å². The van der Waals surface area contributed by atoms with Gasteiger partial charge in [0.05, 0.1) is 16.9 Å². The normalized spacial score (nSPS) is 14.9. The summed E-state index contributed by atoms with van der Waals surface area (Å²) >= 11 is -2.54. The fourth-order valence-corrected chi connectivity index (χ4v) is 2.97. The van der Waals surface area contributed by atoms with Crippen LogP contribution >= 0.6 is 0 Å². The number of imide groups is 1. The number of ether oxygens (including phenoxy) is 1. The van der Waals surface area contributed by atoms with Gasteiger partial charge in [0.1, 0.15) is 5.75 Å². The van der Waals surface area contributed by atoms with Gasteiger partial charge in [-0.25, -0.2) is 13.9 Å². The van der Waals surface area contributed by atoms with E-state index >= 15 is 0 Å². The summed E-state index contributed by atoms with van der Waals surface area (Å²) in [5, 5.41) is 9.33. The van der Waals surface area contributed by atoms with E-state index < -0.39 is 29.1 Å². The van der Waals surface area contributed by atoms with Crippen LogP contribution in [0.3, 0.4) is 0 Å². The molecule has 1 fully saturated rings. The van der Waals surface area contributed by atoms with Crippen LogP contribution in [-0.2, 0) is 20.9 Å². The van der Waals surface area contributed by atoms with Crippen molar-refractivity contribution in [2.75, 3.05) is 9.62 Å². The van der Waals surface area contributed by atoms with Gasteiger partial charge in [0, 0.05) is 12.8 Å². The van der Waals surface area contributed by atoms with Gasteiger partial charge >= 0.3 is 5.97 Å². The number of amides is 2. The average molecular weight is 390 g/mol. The lowest BCUT2D eigenvalue weighted by Gasteiger charge is -2.21. The minimum Gasteiger partial charge on any atom is -0.478 e. The van der Waals surface area contributed by atoms with Crippen LogP contribution < -0.4 is 14.4 Å². The number of hydrogen-bond donors (Lipinski definition) is 3. The molecule has 140 valence electrons. The number of anilines is 2. The third kappa shape index (κ3) is 3.96. The summed E-state index contributed by atoms with van der Waals surface area (Å²) in [7, 11) is 0. The Balaban J connectivity index is 2.22. The first-order valence-electron chi connectivity index (χ1n) is 7.74.